The van der Waals surface area contributed by atoms with Gasteiger partial charge in [0.05, 0.1) is 5.54 Å². The van der Waals surface area contributed by atoms with Crippen molar-refractivity contribution in [2.24, 2.45) is 5.92 Å². The minimum Gasteiger partial charge on any atom is -0.381 e. The summed E-state index contributed by atoms with van der Waals surface area (Å²) in [5, 5.41) is 0. The number of likely N-dealkylation sites (tertiary alicyclic amines) is 2. The number of halogens is 1. The quantitative estimate of drug-likeness (QED) is 0.794. The third-order valence-corrected chi connectivity index (χ3v) is 5.70. The Morgan fingerprint density at radius 2 is 2.10 bits per heavy atom. The number of amides is 1. The zero-order valence-corrected chi connectivity index (χ0v) is 13.2. The number of alkyl halides is 1. The molecule has 1 aliphatic carbocycles. The predicted molar refractivity (Wildman–Crippen MR) is 78.8 cm³/mol. The van der Waals surface area contributed by atoms with E-state index in [2.05, 4.69) is 11.9 Å². The fraction of sp³-hybridized carbons (Fsp3) is 0.938. The zero-order chi connectivity index (χ0) is 15.1. The second-order valence-electron chi connectivity index (χ2n) is 7.14. The highest BCUT2D eigenvalue weighted by Gasteiger charge is 2.56. The average Bonchev–Trinajstić information content (AvgIpc) is 2.40. The standard InChI is InChI=1S/C16H27FN2O2/c1-3-21-10-13-5-8-18(2)15(9-13)11-19(12-15)14(20)16(17)6-4-7-16/h13H,3-12H2,1-2H3/t13-/m0/s1. The Kier molecular flexibility index (Phi) is 3.99. The maximum absolute atomic E-state index is 14.2. The van der Waals surface area contributed by atoms with Gasteiger partial charge < -0.3 is 9.64 Å². The van der Waals surface area contributed by atoms with Crippen molar-refractivity contribution in [1.29, 1.82) is 0 Å². The Morgan fingerprint density at radius 3 is 2.67 bits per heavy atom. The van der Waals surface area contributed by atoms with E-state index in [4.69, 9.17) is 4.74 Å². The van der Waals surface area contributed by atoms with Crippen LogP contribution in [-0.2, 0) is 9.53 Å². The number of hydrogen-bond donors (Lipinski definition) is 0. The molecule has 0 radical (unpaired) electrons. The maximum Gasteiger partial charge on any atom is 0.260 e. The molecule has 0 aromatic carbocycles. The van der Waals surface area contributed by atoms with E-state index < -0.39 is 5.67 Å². The van der Waals surface area contributed by atoms with Gasteiger partial charge in [-0.2, -0.15) is 0 Å². The molecule has 5 heteroatoms. The van der Waals surface area contributed by atoms with Gasteiger partial charge in [0, 0.05) is 26.3 Å². The zero-order valence-electron chi connectivity index (χ0n) is 13.2. The molecule has 1 amide bonds. The molecule has 2 saturated heterocycles. The number of hydrogen-bond acceptors (Lipinski definition) is 3. The summed E-state index contributed by atoms with van der Waals surface area (Å²) in [5.74, 6) is 0.307. The molecule has 1 saturated carbocycles. The third kappa shape index (κ3) is 2.59. The van der Waals surface area contributed by atoms with E-state index in [1.165, 1.54) is 0 Å². The molecule has 0 N–H and O–H groups in total. The highest BCUT2D eigenvalue weighted by atomic mass is 19.1. The van der Waals surface area contributed by atoms with Crippen LogP contribution >= 0.6 is 0 Å². The molecule has 0 unspecified atom stereocenters. The first-order valence-corrected chi connectivity index (χ1v) is 8.26. The highest BCUT2D eigenvalue weighted by molar-refractivity contribution is 5.87. The predicted octanol–water partition coefficient (Wildman–Crippen LogP) is 1.84. The Labute approximate surface area is 126 Å². The summed E-state index contributed by atoms with van der Waals surface area (Å²) in [4.78, 5) is 16.3. The lowest BCUT2D eigenvalue weighted by Gasteiger charge is -2.59. The highest BCUT2D eigenvalue weighted by Crippen LogP contribution is 2.43. The van der Waals surface area contributed by atoms with Crippen molar-refractivity contribution in [3.63, 3.8) is 0 Å². The van der Waals surface area contributed by atoms with Crippen molar-refractivity contribution in [3.05, 3.63) is 0 Å². The molecule has 21 heavy (non-hydrogen) atoms. The minimum atomic E-state index is -1.54. The molecule has 2 aliphatic heterocycles. The van der Waals surface area contributed by atoms with Crippen LogP contribution in [0.1, 0.15) is 39.0 Å². The summed E-state index contributed by atoms with van der Waals surface area (Å²) >= 11 is 0. The van der Waals surface area contributed by atoms with Crippen LogP contribution in [0.2, 0.25) is 0 Å². The van der Waals surface area contributed by atoms with Gasteiger partial charge in [-0.15, -0.1) is 0 Å². The first-order chi connectivity index (χ1) is 9.99. The number of nitrogens with zero attached hydrogens (tertiary/aromatic N) is 2. The fourth-order valence-corrected chi connectivity index (χ4v) is 4.00. The Bertz CT molecular complexity index is 403. The van der Waals surface area contributed by atoms with E-state index in [9.17, 15) is 9.18 Å². The van der Waals surface area contributed by atoms with E-state index >= 15 is 0 Å². The second kappa shape index (κ2) is 5.51. The molecular formula is C16H27FN2O2. The molecule has 1 atom stereocenters. The summed E-state index contributed by atoms with van der Waals surface area (Å²) in [6.07, 6.45) is 3.89. The molecule has 0 aromatic rings. The smallest absolute Gasteiger partial charge is 0.260 e. The van der Waals surface area contributed by atoms with Gasteiger partial charge in [0.2, 0.25) is 0 Å². The van der Waals surface area contributed by atoms with E-state index in [1.807, 2.05) is 6.92 Å². The van der Waals surface area contributed by atoms with E-state index in [1.54, 1.807) is 4.90 Å². The summed E-state index contributed by atoms with van der Waals surface area (Å²) in [6.45, 7) is 6.02. The summed E-state index contributed by atoms with van der Waals surface area (Å²) in [6, 6.07) is 0. The van der Waals surface area contributed by atoms with Crippen LogP contribution in [0.5, 0.6) is 0 Å². The average molecular weight is 298 g/mol. The fourth-order valence-electron chi connectivity index (χ4n) is 4.00. The monoisotopic (exact) mass is 298 g/mol. The Morgan fingerprint density at radius 1 is 1.38 bits per heavy atom. The topological polar surface area (TPSA) is 32.8 Å². The van der Waals surface area contributed by atoms with Crippen LogP contribution in [0, 0.1) is 5.92 Å². The first-order valence-electron chi connectivity index (χ1n) is 8.26. The molecule has 3 aliphatic rings. The molecule has 0 aromatic heterocycles. The van der Waals surface area contributed by atoms with E-state index in [-0.39, 0.29) is 11.4 Å². The lowest BCUT2D eigenvalue weighted by Crippen LogP contribution is -2.74. The van der Waals surface area contributed by atoms with Crippen LogP contribution in [0.25, 0.3) is 0 Å². The van der Waals surface area contributed by atoms with Crippen LogP contribution in [-0.4, -0.2) is 66.8 Å². The molecular weight excluding hydrogens is 271 g/mol. The number of piperidine rings is 1. The number of ether oxygens (including phenoxy) is 1. The van der Waals surface area contributed by atoms with Gasteiger partial charge in [-0.05, 0) is 58.5 Å². The van der Waals surface area contributed by atoms with Gasteiger partial charge in [0.25, 0.3) is 5.91 Å². The number of carbonyl (C=O) groups is 1. The minimum absolute atomic E-state index is 0.0653. The van der Waals surface area contributed by atoms with Gasteiger partial charge in [-0.3, -0.25) is 9.69 Å². The van der Waals surface area contributed by atoms with Crippen LogP contribution in [0.15, 0.2) is 0 Å². The molecule has 3 rings (SSSR count). The SMILES string of the molecule is CCOC[C@H]1CCN(C)C2(C1)CN(C(=O)C1(F)CCC1)C2. The van der Waals surface area contributed by atoms with Crippen LogP contribution < -0.4 is 0 Å². The van der Waals surface area contributed by atoms with Gasteiger partial charge in [-0.1, -0.05) is 0 Å². The van der Waals surface area contributed by atoms with Crippen molar-refractivity contribution >= 4 is 5.91 Å². The van der Waals surface area contributed by atoms with Crippen molar-refractivity contribution in [2.45, 2.75) is 50.2 Å². The van der Waals surface area contributed by atoms with Gasteiger partial charge in [-0.25, -0.2) is 4.39 Å². The van der Waals surface area contributed by atoms with Gasteiger partial charge in [0.15, 0.2) is 5.67 Å². The molecule has 3 fully saturated rings. The number of likely N-dealkylation sites (N-methyl/N-ethyl adjacent to an activating group) is 1. The van der Waals surface area contributed by atoms with Crippen molar-refractivity contribution in [2.75, 3.05) is 39.9 Å². The number of rotatable bonds is 4. The summed E-state index contributed by atoms with van der Waals surface area (Å²) < 4.78 is 19.8. The molecule has 4 nitrogen and oxygen atoms in total. The second-order valence-corrected chi connectivity index (χ2v) is 7.14. The lowest BCUT2D eigenvalue weighted by molar-refractivity contribution is -0.168. The lowest BCUT2D eigenvalue weighted by atomic mass is 9.73. The van der Waals surface area contributed by atoms with Crippen molar-refractivity contribution in [1.82, 2.24) is 9.80 Å². The van der Waals surface area contributed by atoms with Gasteiger partial charge >= 0.3 is 0 Å². The number of carbonyl (C=O) groups excluding carboxylic acids is 1. The third-order valence-electron chi connectivity index (χ3n) is 5.70. The van der Waals surface area contributed by atoms with Crippen molar-refractivity contribution < 1.29 is 13.9 Å². The molecule has 2 heterocycles. The van der Waals surface area contributed by atoms with Crippen molar-refractivity contribution in [3.8, 4) is 0 Å². The maximum atomic E-state index is 14.2. The summed E-state index contributed by atoms with van der Waals surface area (Å²) in [5.41, 5.74) is -1.48. The van der Waals surface area contributed by atoms with Crippen LogP contribution in [0.3, 0.4) is 0 Å². The Hall–Kier alpha value is -0.680. The normalized spacial score (nSPS) is 30.8. The summed E-state index contributed by atoms with van der Waals surface area (Å²) in [7, 11) is 2.13. The molecule has 120 valence electrons. The first kappa shape index (κ1) is 15.2. The Balaban J connectivity index is 1.57. The van der Waals surface area contributed by atoms with Crippen LogP contribution in [0.4, 0.5) is 4.39 Å². The van der Waals surface area contributed by atoms with E-state index in [0.29, 0.717) is 31.8 Å². The van der Waals surface area contributed by atoms with E-state index in [0.717, 1.165) is 39.0 Å². The largest absolute Gasteiger partial charge is 0.381 e. The van der Waals surface area contributed by atoms with Gasteiger partial charge in [0.1, 0.15) is 0 Å². The molecule has 1 spiro atoms. The molecule has 0 bridgehead atoms.